The van der Waals surface area contributed by atoms with Crippen LogP contribution in [0.4, 0.5) is 0 Å². The lowest BCUT2D eigenvalue weighted by molar-refractivity contribution is -0.137. The number of sulfonamides is 1. The third-order valence-corrected chi connectivity index (χ3v) is 7.57. The fraction of sp³-hybridized carbons (Fsp3) is 0.600. The molecule has 1 amide bonds. The minimum Gasteiger partial charge on any atom is -0.452 e. The number of piperidine rings is 1. The van der Waals surface area contributed by atoms with E-state index in [1.54, 1.807) is 18.7 Å². The summed E-state index contributed by atoms with van der Waals surface area (Å²) in [6.45, 7) is 9.11. The quantitative estimate of drug-likeness (QED) is 0.603. The highest BCUT2D eigenvalue weighted by Gasteiger charge is 2.28. The second kappa shape index (κ2) is 9.91. The van der Waals surface area contributed by atoms with Gasteiger partial charge in [-0.2, -0.15) is 4.31 Å². The molecule has 29 heavy (non-hydrogen) atoms. The molecule has 0 spiro atoms. The SMILES string of the molecule is CCN(CC)S(=O)(=O)c1cc(C(=O)OCC(=O)N2C[C@H](C)C[C@H](C)C2)ccc1Cl. The predicted molar refractivity (Wildman–Crippen MR) is 111 cm³/mol. The lowest BCUT2D eigenvalue weighted by atomic mass is 9.92. The summed E-state index contributed by atoms with van der Waals surface area (Å²) in [5, 5.41) is 0.0285. The van der Waals surface area contributed by atoms with Gasteiger partial charge < -0.3 is 9.64 Å². The molecule has 1 aromatic rings. The summed E-state index contributed by atoms with van der Waals surface area (Å²) in [7, 11) is -3.83. The average Bonchev–Trinajstić information content (AvgIpc) is 2.66. The first-order valence-corrected chi connectivity index (χ1v) is 11.7. The van der Waals surface area contributed by atoms with Gasteiger partial charge in [0.1, 0.15) is 4.90 Å². The Morgan fingerprint density at radius 3 is 2.31 bits per heavy atom. The number of likely N-dealkylation sites (tertiary alicyclic amines) is 1. The van der Waals surface area contributed by atoms with Crippen LogP contribution in [0.2, 0.25) is 5.02 Å². The minimum atomic E-state index is -3.83. The van der Waals surface area contributed by atoms with E-state index >= 15 is 0 Å². The number of hydrogen-bond acceptors (Lipinski definition) is 5. The Labute approximate surface area is 178 Å². The number of carbonyl (C=O) groups excluding carboxylic acids is 2. The van der Waals surface area contributed by atoms with E-state index in [1.165, 1.54) is 22.5 Å². The van der Waals surface area contributed by atoms with Gasteiger partial charge in [-0.15, -0.1) is 0 Å². The zero-order chi connectivity index (χ0) is 21.8. The molecule has 0 bridgehead atoms. The van der Waals surface area contributed by atoms with Crippen molar-refractivity contribution in [3.63, 3.8) is 0 Å². The van der Waals surface area contributed by atoms with Crippen molar-refractivity contribution in [3.8, 4) is 0 Å². The van der Waals surface area contributed by atoms with Crippen molar-refractivity contribution >= 4 is 33.5 Å². The van der Waals surface area contributed by atoms with E-state index in [2.05, 4.69) is 13.8 Å². The lowest BCUT2D eigenvalue weighted by Crippen LogP contribution is -2.44. The molecule has 2 rings (SSSR count). The summed E-state index contributed by atoms with van der Waals surface area (Å²) < 4.78 is 31.9. The smallest absolute Gasteiger partial charge is 0.338 e. The van der Waals surface area contributed by atoms with Gasteiger partial charge in [0.25, 0.3) is 5.91 Å². The maximum absolute atomic E-state index is 12.8. The van der Waals surface area contributed by atoms with Crippen LogP contribution in [-0.4, -0.2) is 62.3 Å². The highest BCUT2D eigenvalue weighted by molar-refractivity contribution is 7.89. The zero-order valence-electron chi connectivity index (χ0n) is 17.4. The Hall–Kier alpha value is -1.64. The number of carbonyl (C=O) groups is 2. The first kappa shape index (κ1) is 23.6. The Bertz CT molecular complexity index is 844. The molecule has 0 aliphatic carbocycles. The maximum Gasteiger partial charge on any atom is 0.338 e. The molecule has 1 saturated heterocycles. The summed E-state index contributed by atoms with van der Waals surface area (Å²) in [4.78, 5) is 26.4. The molecule has 162 valence electrons. The van der Waals surface area contributed by atoms with Crippen LogP contribution in [0.25, 0.3) is 0 Å². The average molecular weight is 445 g/mol. The Morgan fingerprint density at radius 2 is 1.76 bits per heavy atom. The van der Waals surface area contributed by atoms with Crippen LogP contribution in [0.15, 0.2) is 23.1 Å². The van der Waals surface area contributed by atoms with Gasteiger partial charge in [0.15, 0.2) is 6.61 Å². The molecule has 1 fully saturated rings. The second-order valence-electron chi connectivity index (χ2n) is 7.56. The third kappa shape index (κ3) is 5.71. The van der Waals surface area contributed by atoms with E-state index in [-0.39, 0.29) is 41.1 Å². The van der Waals surface area contributed by atoms with Crippen LogP contribution >= 0.6 is 11.6 Å². The highest BCUT2D eigenvalue weighted by atomic mass is 35.5. The maximum atomic E-state index is 12.8. The van der Waals surface area contributed by atoms with Gasteiger partial charge in [-0.3, -0.25) is 4.79 Å². The van der Waals surface area contributed by atoms with Gasteiger partial charge in [0.05, 0.1) is 10.6 Å². The first-order valence-electron chi connectivity index (χ1n) is 9.84. The van der Waals surface area contributed by atoms with Gasteiger partial charge >= 0.3 is 5.97 Å². The van der Waals surface area contributed by atoms with Crippen molar-refractivity contribution in [2.75, 3.05) is 32.8 Å². The topological polar surface area (TPSA) is 84.0 Å². The van der Waals surface area contributed by atoms with Crippen LogP contribution in [0.3, 0.4) is 0 Å². The fourth-order valence-corrected chi connectivity index (χ4v) is 5.66. The van der Waals surface area contributed by atoms with Gasteiger partial charge in [-0.25, -0.2) is 13.2 Å². The van der Waals surface area contributed by atoms with Crippen molar-refractivity contribution in [2.24, 2.45) is 11.8 Å². The number of ether oxygens (including phenoxy) is 1. The number of halogens is 1. The standard InChI is InChI=1S/C20H29ClN2O5S/c1-5-23(6-2)29(26,27)18-10-16(7-8-17(18)21)20(25)28-13-19(24)22-11-14(3)9-15(4)12-22/h7-8,10,14-15H,5-6,9,11-13H2,1-4H3/t14-,15+. The molecule has 1 aliphatic rings. The van der Waals surface area contributed by atoms with Crippen LogP contribution in [-0.2, 0) is 19.6 Å². The van der Waals surface area contributed by atoms with Crippen molar-refractivity contribution < 1.29 is 22.7 Å². The third-order valence-electron chi connectivity index (χ3n) is 5.04. The van der Waals surface area contributed by atoms with Crippen molar-refractivity contribution in [1.82, 2.24) is 9.21 Å². The van der Waals surface area contributed by atoms with Gasteiger partial charge in [-0.1, -0.05) is 39.3 Å². The fourth-order valence-electron chi connectivity index (χ4n) is 3.70. The number of nitrogens with zero attached hydrogens (tertiary/aromatic N) is 2. The van der Waals surface area contributed by atoms with Gasteiger partial charge in [0.2, 0.25) is 10.0 Å². The van der Waals surface area contributed by atoms with E-state index < -0.39 is 16.0 Å². The zero-order valence-corrected chi connectivity index (χ0v) is 18.9. The number of rotatable bonds is 7. The normalized spacial score (nSPS) is 20.0. The molecule has 1 aromatic carbocycles. The van der Waals surface area contributed by atoms with Crippen LogP contribution in [0.1, 0.15) is 44.5 Å². The monoisotopic (exact) mass is 444 g/mol. The van der Waals surface area contributed by atoms with Crippen LogP contribution in [0, 0.1) is 11.8 Å². The number of benzene rings is 1. The van der Waals surface area contributed by atoms with Gasteiger partial charge in [0, 0.05) is 26.2 Å². The molecule has 1 aliphatic heterocycles. The summed E-state index contributed by atoms with van der Waals surface area (Å²) in [5.41, 5.74) is 0.0355. The van der Waals surface area contributed by atoms with Crippen molar-refractivity contribution in [3.05, 3.63) is 28.8 Å². The van der Waals surface area contributed by atoms with Crippen molar-refractivity contribution in [2.45, 2.75) is 39.0 Å². The summed E-state index contributed by atoms with van der Waals surface area (Å²) in [5.74, 6) is -0.198. The second-order valence-corrected chi connectivity index (χ2v) is 9.87. The minimum absolute atomic E-state index is 0.0285. The number of amides is 1. The molecule has 1 heterocycles. The number of hydrogen-bond donors (Lipinski definition) is 0. The Kier molecular flexibility index (Phi) is 8.08. The van der Waals surface area contributed by atoms with Crippen molar-refractivity contribution in [1.29, 1.82) is 0 Å². The van der Waals surface area contributed by atoms with Crippen LogP contribution in [0.5, 0.6) is 0 Å². The Balaban J connectivity index is 2.11. The molecular weight excluding hydrogens is 416 g/mol. The number of esters is 1. The van der Waals surface area contributed by atoms with E-state index in [4.69, 9.17) is 16.3 Å². The lowest BCUT2D eigenvalue weighted by Gasteiger charge is -2.34. The van der Waals surface area contributed by atoms with E-state index in [1.807, 2.05) is 0 Å². The predicted octanol–water partition coefficient (Wildman–Crippen LogP) is 3.03. The molecule has 0 unspecified atom stereocenters. The Morgan fingerprint density at radius 1 is 1.17 bits per heavy atom. The van der Waals surface area contributed by atoms with E-state index in [0.29, 0.717) is 24.9 Å². The largest absolute Gasteiger partial charge is 0.452 e. The molecular formula is C20H29ClN2O5S. The summed E-state index contributed by atoms with van der Waals surface area (Å²) in [6, 6.07) is 3.94. The molecule has 0 radical (unpaired) electrons. The molecule has 9 heteroatoms. The molecule has 2 atom stereocenters. The van der Waals surface area contributed by atoms with Crippen LogP contribution < -0.4 is 0 Å². The first-order chi connectivity index (χ1) is 13.6. The molecule has 0 saturated carbocycles. The molecule has 0 N–H and O–H groups in total. The summed E-state index contributed by atoms with van der Waals surface area (Å²) in [6.07, 6.45) is 1.07. The highest BCUT2D eigenvalue weighted by Crippen LogP contribution is 2.26. The molecule has 0 aromatic heterocycles. The molecule has 7 nitrogen and oxygen atoms in total. The van der Waals surface area contributed by atoms with E-state index in [9.17, 15) is 18.0 Å². The summed E-state index contributed by atoms with van der Waals surface area (Å²) >= 11 is 6.08. The van der Waals surface area contributed by atoms with Gasteiger partial charge in [-0.05, 0) is 36.5 Å². The van der Waals surface area contributed by atoms with E-state index in [0.717, 1.165) is 6.42 Å².